The molecule has 0 atom stereocenters. The van der Waals surface area contributed by atoms with Crippen molar-refractivity contribution < 1.29 is 14.3 Å². The summed E-state index contributed by atoms with van der Waals surface area (Å²) in [6.45, 7) is 0. The van der Waals surface area contributed by atoms with Crippen LogP contribution in [-0.2, 0) is 0 Å². The number of ether oxygens (including phenoxy) is 1. The number of rotatable bonds is 5. The van der Waals surface area contributed by atoms with Crippen LogP contribution in [0.2, 0.25) is 0 Å². The van der Waals surface area contributed by atoms with E-state index < -0.39 is 0 Å². The van der Waals surface area contributed by atoms with Crippen molar-refractivity contribution in [3.05, 3.63) is 65.7 Å². The van der Waals surface area contributed by atoms with E-state index in [-0.39, 0.29) is 18.0 Å². The van der Waals surface area contributed by atoms with E-state index in [1.807, 2.05) is 6.07 Å². The Morgan fingerprint density at radius 3 is 2.21 bits per heavy atom. The predicted molar refractivity (Wildman–Crippen MR) is 72.7 cm³/mol. The third kappa shape index (κ3) is 3.28. The van der Waals surface area contributed by atoms with Crippen molar-refractivity contribution in [2.24, 2.45) is 0 Å². The minimum absolute atomic E-state index is 0.128. The molecule has 0 spiro atoms. The first-order chi connectivity index (χ1) is 9.20. The van der Waals surface area contributed by atoms with Crippen LogP contribution in [-0.4, -0.2) is 18.7 Å². The molecule has 0 unspecified atom stereocenters. The highest BCUT2D eigenvalue weighted by molar-refractivity contribution is 6.13. The molecule has 0 bridgehead atoms. The van der Waals surface area contributed by atoms with E-state index in [1.54, 1.807) is 55.6 Å². The Bertz CT molecular complexity index is 588. The van der Waals surface area contributed by atoms with Crippen LogP contribution >= 0.6 is 0 Å². The molecule has 2 rings (SSSR count). The van der Waals surface area contributed by atoms with Crippen molar-refractivity contribution in [2.45, 2.75) is 6.42 Å². The standard InChI is InChI=1S/C16H14O3/c1-19-14-9-5-8-13(10-14)16(18)11-15(17)12-6-3-2-4-7-12/h2-10H,11H2,1H3. The monoisotopic (exact) mass is 254 g/mol. The van der Waals surface area contributed by atoms with Gasteiger partial charge in [-0.25, -0.2) is 0 Å². The number of hydrogen-bond donors (Lipinski definition) is 0. The van der Waals surface area contributed by atoms with Gasteiger partial charge in [-0.3, -0.25) is 9.59 Å². The van der Waals surface area contributed by atoms with E-state index in [0.29, 0.717) is 16.9 Å². The van der Waals surface area contributed by atoms with Crippen molar-refractivity contribution in [2.75, 3.05) is 7.11 Å². The number of carbonyl (C=O) groups is 2. The molecule has 0 radical (unpaired) electrons. The maximum atomic E-state index is 12.0. The average molecular weight is 254 g/mol. The molecule has 2 aromatic carbocycles. The Kier molecular flexibility index (Phi) is 4.08. The SMILES string of the molecule is COc1cccc(C(=O)CC(=O)c2ccccc2)c1. The van der Waals surface area contributed by atoms with Gasteiger partial charge in [-0.05, 0) is 12.1 Å². The Labute approximate surface area is 111 Å². The van der Waals surface area contributed by atoms with Crippen LogP contribution in [0.1, 0.15) is 27.1 Å². The van der Waals surface area contributed by atoms with Crippen molar-refractivity contribution in [1.29, 1.82) is 0 Å². The van der Waals surface area contributed by atoms with Gasteiger partial charge in [0, 0.05) is 11.1 Å². The molecule has 0 aromatic heterocycles. The largest absolute Gasteiger partial charge is 0.497 e. The Morgan fingerprint density at radius 2 is 1.53 bits per heavy atom. The van der Waals surface area contributed by atoms with E-state index in [4.69, 9.17) is 4.74 Å². The molecule has 2 aromatic rings. The fourth-order valence-corrected chi connectivity index (χ4v) is 1.77. The number of hydrogen-bond acceptors (Lipinski definition) is 3. The van der Waals surface area contributed by atoms with Gasteiger partial charge >= 0.3 is 0 Å². The quantitative estimate of drug-likeness (QED) is 0.608. The van der Waals surface area contributed by atoms with Crippen LogP contribution in [0.5, 0.6) is 5.75 Å². The maximum absolute atomic E-state index is 12.0. The topological polar surface area (TPSA) is 43.4 Å². The van der Waals surface area contributed by atoms with Crippen LogP contribution in [0.15, 0.2) is 54.6 Å². The fourth-order valence-electron chi connectivity index (χ4n) is 1.77. The lowest BCUT2D eigenvalue weighted by molar-refractivity contribution is 0.0894. The Balaban J connectivity index is 2.11. The smallest absolute Gasteiger partial charge is 0.170 e. The van der Waals surface area contributed by atoms with Gasteiger partial charge in [0.05, 0.1) is 13.5 Å². The third-order valence-corrected chi connectivity index (χ3v) is 2.81. The van der Waals surface area contributed by atoms with Gasteiger partial charge in [0.2, 0.25) is 0 Å². The number of Topliss-reactive ketones (excluding diaryl/α,β-unsaturated/α-hetero) is 2. The molecule has 0 fully saturated rings. The summed E-state index contributed by atoms with van der Waals surface area (Å²) < 4.78 is 5.06. The molecule has 96 valence electrons. The lowest BCUT2D eigenvalue weighted by Gasteiger charge is -2.04. The highest BCUT2D eigenvalue weighted by Crippen LogP contribution is 2.15. The summed E-state index contributed by atoms with van der Waals surface area (Å²) in [5, 5.41) is 0. The molecule has 3 heteroatoms. The average Bonchev–Trinajstić information content (AvgIpc) is 2.48. The number of ketones is 2. The molecule has 0 heterocycles. The number of carbonyl (C=O) groups excluding carboxylic acids is 2. The summed E-state index contributed by atoms with van der Waals surface area (Å²) in [5.41, 5.74) is 1.04. The maximum Gasteiger partial charge on any atom is 0.170 e. The summed E-state index contributed by atoms with van der Waals surface area (Å²) in [5.74, 6) is 0.235. The zero-order valence-electron chi connectivity index (χ0n) is 10.6. The molecule has 0 saturated carbocycles. The molecule has 3 nitrogen and oxygen atoms in total. The second kappa shape index (κ2) is 5.96. The highest BCUT2D eigenvalue weighted by Gasteiger charge is 2.13. The Morgan fingerprint density at radius 1 is 0.895 bits per heavy atom. The van der Waals surface area contributed by atoms with Crippen LogP contribution in [0.3, 0.4) is 0 Å². The van der Waals surface area contributed by atoms with Crippen molar-refractivity contribution in [1.82, 2.24) is 0 Å². The summed E-state index contributed by atoms with van der Waals surface area (Å²) in [7, 11) is 1.54. The Hall–Kier alpha value is -2.42. The molecule has 0 aliphatic rings. The molecular weight excluding hydrogens is 240 g/mol. The minimum atomic E-state index is -0.201. The molecule has 0 amide bonds. The van der Waals surface area contributed by atoms with Crippen LogP contribution < -0.4 is 4.74 Å². The second-order valence-electron chi connectivity index (χ2n) is 4.12. The van der Waals surface area contributed by atoms with Gasteiger partial charge < -0.3 is 4.74 Å². The first-order valence-corrected chi connectivity index (χ1v) is 5.96. The van der Waals surface area contributed by atoms with E-state index >= 15 is 0 Å². The van der Waals surface area contributed by atoms with E-state index in [2.05, 4.69) is 0 Å². The third-order valence-electron chi connectivity index (χ3n) is 2.81. The van der Waals surface area contributed by atoms with E-state index in [0.717, 1.165) is 0 Å². The van der Waals surface area contributed by atoms with Gasteiger partial charge in [-0.2, -0.15) is 0 Å². The lowest BCUT2D eigenvalue weighted by Crippen LogP contribution is -2.08. The van der Waals surface area contributed by atoms with Gasteiger partial charge in [-0.1, -0.05) is 42.5 Å². The predicted octanol–water partition coefficient (Wildman–Crippen LogP) is 3.15. The van der Waals surface area contributed by atoms with Crippen LogP contribution in [0.25, 0.3) is 0 Å². The molecule has 0 N–H and O–H groups in total. The van der Waals surface area contributed by atoms with E-state index in [9.17, 15) is 9.59 Å². The zero-order chi connectivity index (χ0) is 13.7. The molecule has 0 saturated heterocycles. The lowest BCUT2D eigenvalue weighted by atomic mass is 10.0. The van der Waals surface area contributed by atoms with Crippen molar-refractivity contribution in [3.8, 4) is 5.75 Å². The van der Waals surface area contributed by atoms with Crippen molar-refractivity contribution in [3.63, 3.8) is 0 Å². The summed E-state index contributed by atoms with van der Waals surface area (Å²) in [4.78, 5) is 24.0. The molecule has 0 aliphatic carbocycles. The first kappa shape index (κ1) is 13.0. The van der Waals surface area contributed by atoms with Crippen LogP contribution in [0, 0.1) is 0 Å². The number of benzene rings is 2. The molecule has 19 heavy (non-hydrogen) atoms. The zero-order valence-corrected chi connectivity index (χ0v) is 10.6. The minimum Gasteiger partial charge on any atom is -0.497 e. The number of methoxy groups -OCH3 is 1. The summed E-state index contributed by atoms with van der Waals surface area (Å²) >= 11 is 0. The molecular formula is C16H14O3. The summed E-state index contributed by atoms with van der Waals surface area (Å²) in [6, 6.07) is 15.6. The first-order valence-electron chi connectivity index (χ1n) is 5.96. The van der Waals surface area contributed by atoms with Crippen molar-refractivity contribution >= 4 is 11.6 Å². The van der Waals surface area contributed by atoms with E-state index in [1.165, 1.54) is 0 Å². The van der Waals surface area contributed by atoms with Gasteiger partial charge in [-0.15, -0.1) is 0 Å². The van der Waals surface area contributed by atoms with Gasteiger partial charge in [0.15, 0.2) is 11.6 Å². The van der Waals surface area contributed by atoms with Crippen LogP contribution in [0.4, 0.5) is 0 Å². The highest BCUT2D eigenvalue weighted by atomic mass is 16.5. The van der Waals surface area contributed by atoms with Gasteiger partial charge in [0.1, 0.15) is 5.75 Å². The summed E-state index contributed by atoms with van der Waals surface area (Å²) in [6.07, 6.45) is -0.128. The molecule has 0 aliphatic heterocycles. The van der Waals surface area contributed by atoms with Gasteiger partial charge in [0.25, 0.3) is 0 Å². The normalized spacial score (nSPS) is 9.95. The fraction of sp³-hybridized carbons (Fsp3) is 0.125. The second-order valence-corrected chi connectivity index (χ2v) is 4.12.